The molecule has 110 valence electrons. The van der Waals surface area contributed by atoms with Crippen molar-refractivity contribution in [2.24, 2.45) is 5.41 Å². The van der Waals surface area contributed by atoms with Gasteiger partial charge < -0.3 is 10.0 Å². The maximum atomic E-state index is 11.4. The smallest absolute Gasteiger partial charge is 0.348 e. The Hall–Kier alpha value is -1.47. The van der Waals surface area contributed by atoms with Gasteiger partial charge in [-0.1, -0.05) is 11.8 Å². The molecule has 0 radical (unpaired) electrons. The number of anilines is 1. The lowest BCUT2D eigenvalue weighted by atomic mass is 9.98. The van der Waals surface area contributed by atoms with Crippen LogP contribution in [0.4, 0.5) is 5.69 Å². The van der Waals surface area contributed by atoms with Crippen LogP contribution in [0.25, 0.3) is 0 Å². The van der Waals surface area contributed by atoms with Crippen molar-refractivity contribution in [1.29, 1.82) is 0 Å². The van der Waals surface area contributed by atoms with E-state index < -0.39 is 5.97 Å². The monoisotopic (exact) mass is 293 g/mol. The van der Waals surface area contributed by atoms with Crippen LogP contribution in [0.1, 0.15) is 56.1 Å². The van der Waals surface area contributed by atoms with Crippen LogP contribution in [0.2, 0.25) is 0 Å². The Morgan fingerprint density at radius 3 is 2.20 bits per heavy atom. The molecule has 1 aromatic rings. The minimum atomic E-state index is -0.898. The van der Waals surface area contributed by atoms with Crippen molar-refractivity contribution < 1.29 is 9.90 Å². The van der Waals surface area contributed by atoms with Gasteiger partial charge in [0, 0.05) is 18.0 Å². The molecule has 0 spiro atoms. The number of nitrogens with zero attached hydrogens (tertiary/aromatic N) is 1. The molecule has 1 rings (SSSR count). The number of aromatic carboxylic acids is 1. The first-order chi connectivity index (χ1) is 8.92. The molecule has 0 aromatic carbocycles. The first-order valence-electron chi connectivity index (χ1n) is 6.56. The van der Waals surface area contributed by atoms with E-state index in [2.05, 4.69) is 32.6 Å². The summed E-state index contributed by atoms with van der Waals surface area (Å²) in [5.74, 6) is 5.33. The summed E-state index contributed by atoms with van der Waals surface area (Å²) in [4.78, 5) is 14.5. The fraction of sp³-hybridized carbons (Fsp3) is 0.562. The van der Waals surface area contributed by atoms with Gasteiger partial charge in [0.25, 0.3) is 0 Å². The number of thiophene rings is 1. The molecule has 1 N–H and O–H groups in total. The third-order valence-electron chi connectivity index (χ3n) is 2.83. The SMILES string of the molecule is CN(c1cc(C#CC(C)(C)C)sc1C(=O)O)C(C)(C)C. The summed E-state index contributed by atoms with van der Waals surface area (Å²) in [6.07, 6.45) is 0. The lowest BCUT2D eigenvalue weighted by Crippen LogP contribution is -2.38. The number of carbonyl (C=O) groups is 1. The third-order valence-corrected chi connectivity index (χ3v) is 3.86. The summed E-state index contributed by atoms with van der Waals surface area (Å²) >= 11 is 1.24. The maximum Gasteiger partial charge on any atom is 0.348 e. The van der Waals surface area contributed by atoms with Crippen molar-refractivity contribution in [2.45, 2.75) is 47.1 Å². The van der Waals surface area contributed by atoms with Crippen LogP contribution in [0.3, 0.4) is 0 Å². The van der Waals surface area contributed by atoms with Crippen molar-refractivity contribution in [1.82, 2.24) is 0 Å². The standard InChI is InChI=1S/C16H23NO2S/c1-15(2,3)9-8-11-10-12(13(20-11)14(18)19)17(7)16(4,5)6/h10H,1-7H3,(H,18,19). The summed E-state index contributed by atoms with van der Waals surface area (Å²) < 4.78 is 0. The number of hydrogen-bond acceptors (Lipinski definition) is 3. The molecule has 1 aromatic heterocycles. The Kier molecular flexibility index (Phi) is 4.55. The van der Waals surface area contributed by atoms with Crippen molar-refractivity contribution in [2.75, 3.05) is 11.9 Å². The van der Waals surface area contributed by atoms with Crippen LogP contribution in [0.5, 0.6) is 0 Å². The summed E-state index contributed by atoms with van der Waals surface area (Å²) in [5.41, 5.74) is 0.497. The van der Waals surface area contributed by atoms with E-state index in [0.717, 1.165) is 10.6 Å². The van der Waals surface area contributed by atoms with Gasteiger partial charge in [-0.3, -0.25) is 0 Å². The average molecular weight is 293 g/mol. The highest BCUT2D eigenvalue weighted by Crippen LogP contribution is 2.33. The minimum absolute atomic E-state index is 0.0938. The molecule has 20 heavy (non-hydrogen) atoms. The Morgan fingerprint density at radius 2 is 1.80 bits per heavy atom. The molecule has 0 aliphatic heterocycles. The number of carboxylic acid groups (broad SMARTS) is 1. The van der Waals surface area contributed by atoms with Crippen molar-refractivity contribution in [3.63, 3.8) is 0 Å². The molecule has 0 bridgehead atoms. The van der Waals surface area contributed by atoms with Gasteiger partial charge in [-0.25, -0.2) is 4.79 Å². The van der Waals surface area contributed by atoms with E-state index in [-0.39, 0.29) is 11.0 Å². The van der Waals surface area contributed by atoms with Gasteiger partial charge in [0.2, 0.25) is 0 Å². The number of carboxylic acids is 1. The highest BCUT2D eigenvalue weighted by molar-refractivity contribution is 7.15. The predicted molar refractivity (Wildman–Crippen MR) is 85.8 cm³/mol. The lowest BCUT2D eigenvalue weighted by Gasteiger charge is -2.33. The second kappa shape index (κ2) is 5.49. The second-order valence-electron chi connectivity index (χ2n) is 6.86. The number of hydrogen-bond donors (Lipinski definition) is 1. The molecule has 0 aliphatic rings. The van der Waals surface area contributed by atoms with Gasteiger partial charge in [0.1, 0.15) is 4.88 Å². The Labute approximate surface area is 125 Å². The van der Waals surface area contributed by atoms with E-state index in [4.69, 9.17) is 0 Å². The third kappa shape index (κ3) is 4.28. The van der Waals surface area contributed by atoms with Crippen LogP contribution in [-0.2, 0) is 0 Å². The van der Waals surface area contributed by atoms with Gasteiger partial charge in [0.15, 0.2) is 0 Å². The van der Waals surface area contributed by atoms with E-state index in [1.807, 2.05) is 38.8 Å². The van der Waals surface area contributed by atoms with Gasteiger partial charge >= 0.3 is 5.97 Å². The Balaban J connectivity index is 3.28. The lowest BCUT2D eigenvalue weighted by molar-refractivity contribution is 0.0702. The Morgan fingerprint density at radius 1 is 1.25 bits per heavy atom. The highest BCUT2D eigenvalue weighted by Gasteiger charge is 2.24. The second-order valence-corrected chi connectivity index (χ2v) is 7.91. The van der Waals surface area contributed by atoms with Crippen molar-refractivity contribution >= 4 is 23.0 Å². The van der Waals surface area contributed by atoms with Crippen LogP contribution < -0.4 is 4.90 Å². The zero-order valence-corrected chi connectivity index (χ0v) is 14.1. The molecule has 0 unspecified atom stereocenters. The van der Waals surface area contributed by atoms with E-state index in [9.17, 15) is 9.90 Å². The van der Waals surface area contributed by atoms with Crippen LogP contribution in [0.15, 0.2) is 6.07 Å². The van der Waals surface area contributed by atoms with Crippen LogP contribution >= 0.6 is 11.3 Å². The maximum absolute atomic E-state index is 11.4. The summed E-state index contributed by atoms with van der Waals surface area (Å²) in [7, 11) is 1.91. The Bertz CT molecular complexity index is 562. The molecule has 0 aliphatic carbocycles. The predicted octanol–water partition coefficient (Wildman–Crippen LogP) is 4.08. The molecule has 0 atom stereocenters. The quantitative estimate of drug-likeness (QED) is 0.835. The molecule has 0 saturated heterocycles. The average Bonchev–Trinajstić information content (AvgIpc) is 2.67. The largest absolute Gasteiger partial charge is 0.477 e. The van der Waals surface area contributed by atoms with Gasteiger partial charge in [-0.2, -0.15) is 0 Å². The summed E-state index contributed by atoms with van der Waals surface area (Å²) in [6.45, 7) is 12.3. The van der Waals surface area contributed by atoms with Crippen LogP contribution in [0, 0.1) is 17.3 Å². The first kappa shape index (κ1) is 16.6. The van der Waals surface area contributed by atoms with Crippen molar-refractivity contribution in [3.05, 3.63) is 15.8 Å². The molecule has 0 amide bonds. The molecule has 0 saturated carbocycles. The number of rotatable bonds is 2. The van der Waals surface area contributed by atoms with Crippen LogP contribution in [-0.4, -0.2) is 23.7 Å². The summed E-state index contributed by atoms with van der Waals surface area (Å²) in [6, 6.07) is 1.87. The normalized spacial score (nSPS) is 11.8. The van der Waals surface area contributed by atoms with Gasteiger partial charge in [-0.05, 0) is 47.6 Å². The topological polar surface area (TPSA) is 40.5 Å². The minimum Gasteiger partial charge on any atom is -0.477 e. The van der Waals surface area contributed by atoms with Gasteiger partial charge in [0.05, 0.1) is 10.6 Å². The molecule has 0 fully saturated rings. The zero-order valence-electron chi connectivity index (χ0n) is 13.3. The van der Waals surface area contributed by atoms with E-state index in [1.165, 1.54) is 11.3 Å². The summed E-state index contributed by atoms with van der Waals surface area (Å²) in [5, 5.41) is 9.36. The first-order valence-corrected chi connectivity index (χ1v) is 7.37. The van der Waals surface area contributed by atoms with Gasteiger partial charge in [-0.15, -0.1) is 11.3 Å². The molecular formula is C16H23NO2S. The molecule has 4 heteroatoms. The highest BCUT2D eigenvalue weighted by atomic mass is 32.1. The van der Waals surface area contributed by atoms with E-state index in [1.54, 1.807) is 0 Å². The molecule has 3 nitrogen and oxygen atoms in total. The zero-order chi connectivity index (χ0) is 15.7. The van der Waals surface area contributed by atoms with E-state index in [0.29, 0.717) is 4.88 Å². The van der Waals surface area contributed by atoms with E-state index >= 15 is 0 Å². The fourth-order valence-corrected chi connectivity index (χ4v) is 2.34. The molecular weight excluding hydrogens is 270 g/mol. The fourth-order valence-electron chi connectivity index (χ4n) is 1.46. The van der Waals surface area contributed by atoms with Crippen molar-refractivity contribution in [3.8, 4) is 11.8 Å². The molecule has 1 heterocycles.